The van der Waals surface area contributed by atoms with E-state index in [1.165, 1.54) is 4.57 Å². The van der Waals surface area contributed by atoms with E-state index in [1.807, 2.05) is 48.3 Å². The average Bonchev–Trinajstić information content (AvgIpc) is 2.52. The fourth-order valence-electron chi connectivity index (χ4n) is 2.57. The molecular weight excluding hydrogens is 278 g/mol. The van der Waals surface area contributed by atoms with Crippen LogP contribution in [0.25, 0.3) is 0 Å². The van der Waals surface area contributed by atoms with E-state index in [0.29, 0.717) is 29.8 Å². The first-order valence-corrected chi connectivity index (χ1v) is 6.85. The van der Waals surface area contributed by atoms with E-state index >= 15 is 0 Å². The molecular formula is C17H17N3O2. The summed E-state index contributed by atoms with van der Waals surface area (Å²) >= 11 is 0. The van der Waals surface area contributed by atoms with E-state index in [-0.39, 0.29) is 11.1 Å². The van der Waals surface area contributed by atoms with Crippen LogP contribution in [-0.2, 0) is 13.6 Å². The number of aromatic nitrogens is 1. The molecule has 0 atom stereocenters. The first-order chi connectivity index (χ1) is 10.5. The van der Waals surface area contributed by atoms with Gasteiger partial charge in [0, 0.05) is 20.6 Å². The van der Waals surface area contributed by atoms with Gasteiger partial charge < -0.3 is 4.90 Å². The zero-order valence-electron chi connectivity index (χ0n) is 12.8. The number of hydrogen-bond donors (Lipinski definition) is 0. The molecule has 0 aliphatic rings. The van der Waals surface area contributed by atoms with Gasteiger partial charge in [-0.1, -0.05) is 30.3 Å². The summed E-state index contributed by atoms with van der Waals surface area (Å²) in [6.45, 7) is 2.18. The van der Waals surface area contributed by atoms with Crippen molar-refractivity contribution in [2.45, 2.75) is 13.5 Å². The Bertz CT molecular complexity index is 801. The first-order valence-electron chi connectivity index (χ1n) is 6.85. The van der Waals surface area contributed by atoms with Gasteiger partial charge in [0.1, 0.15) is 17.5 Å². The Morgan fingerprint density at radius 3 is 2.50 bits per heavy atom. The number of pyridine rings is 1. The number of nitrogens with zero attached hydrogens (tertiary/aromatic N) is 3. The Kier molecular flexibility index (Phi) is 4.42. The van der Waals surface area contributed by atoms with Crippen LogP contribution >= 0.6 is 0 Å². The highest BCUT2D eigenvalue weighted by molar-refractivity contribution is 5.86. The van der Waals surface area contributed by atoms with Gasteiger partial charge >= 0.3 is 0 Å². The maximum absolute atomic E-state index is 12.3. The maximum Gasteiger partial charge on any atom is 0.270 e. The molecule has 0 saturated carbocycles. The van der Waals surface area contributed by atoms with E-state index in [0.717, 1.165) is 5.56 Å². The molecule has 0 amide bonds. The predicted molar refractivity (Wildman–Crippen MR) is 85.1 cm³/mol. The van der Waals surface area contributed by atoms with Crippen molar-refractivity contribution in [1.29, 1.82) is 5.26 Å². The molecule has 0 radical (unpaired) electrons. The zero-order valence-corrected chi connectivity index (χ0v) is 12.8. The number of carbonyl (C=O) groups is 1. The molecule has 112 valence electrons. The topological polar surface area (TPSA) is 66.1 Å². The largest absolute Gasteiger partial charge is 0.356 e. The highest BCUT2D eigenvalue weighted by atomic mass is 16.1. The lowest BCUT2D eigenvalue weighted by Gasteiger charge is -2.25. The van der Waals surface area contributed by atoms with Crippen LogP contribution in [0.5, 0.6) is 0 Å². The maximum atomic E-state index is 12.3. The SMILES string of the molecule is Cc1c(C=O)c(N(C)Cc2ccccc2)n(C)c(=O)c1C#N. The Labute approximate surface area is 129 Å². The minimum absolute atomic E-state index is 0.0152. The fourth-order valence-corrected chi connectivity index (χ4v) is 2.57. The van der Waals surface area contributed by atoms with Crippen molar-refractivity contribution in [3.05, 3.63) is 62.9 Å². The molecule has 1 heterocycles. The Balaban J connectivity index is 2.58. The summed E-state index contributed by atoms with van der Waals surface area (Å²) in [6.07, 6.45) is 0.701. The summed E-state index contributed by atoms with van der Waals surface area (Å²) in [4.78, 5) is 25.6. The average molecular weight is 295 g/mol. The highest BCUT2D eigenvalue weighted by Gasteiger charge is 2.19. The molecule has 0 spiro atoms. The van der Waals surface area contributed by atoms with Crippen molar-refractivity contribution in [3.63, 3.8) is 0 Å². The van der Waals surface area contributed by atoms with Crippen LogP contribution in [0.2, 0.25) is 0 Å². The molecule has 0 aliphatic heterocycles. The number of nitriles is 1. The van der Waals surface area contributed by atoms with Crippen molar-refractivity contribution in [1.82, 2.24) is 4.57 Å². The van der Waals surface area contributed by atoms with Crippen LogP contribution in [0.4, 0.5) is 5.82 Å². The number of benzene rings is 1. The molecule has 0 fully saturated rings. The van der Waals surface area contributed by atoms with Gasteiger partial charge in [-0.25, -0.2) is 0 Å². The molecule has 5 heteroatoms. The van der Waals surface area contributed by atoms with Gasteiger partial charge in [0.05, 0.1) is 5.56 Å². The van der Waals surface area contributed by atoms with Gasteiger partial charge in [0.25, 0.3) is 5.56 Å². The van der Waals surface area contributed by atoms with Crippen molar-refractivity contribution in [2.75, 3.05) is 11.9 Å². The van der Waals surface area contributed by atoms with Gasteiger partial charge in [-0.05, 0) is 18.1 Å². The summed E-state index contributed by atoms with van der Waals surface area (Å²) in [6, 6.07) is 11.6. The third-order valence-electron chi connectivity index (χ3n) is 3.71. The highest BCUT2D eigenvalue weighted by Crippen LogP contribution is 2.22. The molecule has 2 rings (SSSR count). The molecule has 1 aromatic heterocycles. The zero-order chi connectivity index (χ0) is 16.3. The molecule has 0 unspecified atom stereocenters. The van der Waals surface area contributed by atoms with Crippen LogP contribution in [-0.4, -0.2) is 17.9 Å². The van der Waals surface area contributed by atoms with Gasteiger partial charge in [0.2, 0.25) is 0 Å². The number of hydrogen-bond acceptors (Lipinski definition) is 4. The second-order valence-electron chi connectivity index (χ2n) is 5.17. The minimum atomic E-state index is -0.388. The quantitative estimate of drug-likeness (QED) is 0.809. The Hall–Kier alpha value is -2.87. The van der Waals surface area contributed by atoms with E-state index in [2.05, 4.69) is 0 Å². The van der Waals surface area contributed by atoms with Gasteiger partial charge in [-0.2, -0.15) is 5.26 Å². The second kappa shape index (κ2) is 6.27. The summed E-state index contributed by atoms with van der Waals surface area (Å²) in [5, 5.41) is 9.12. The van der Waals surface area contributed by atoms with Gasteiger partial charge in [-0.15, -0.1) is 0 Å². The van der Waals surface area contributed by atoms with E-state index in [9.17, 15) is 9.59 Å². The molecule has 0 saturated heterocycles. The standard InChI is InChI=1S/C17H17N3O2/c1-12-14(9-18)17(22)20(3)16(15(12)11-21)19(2)10-13-7-5-4-6-8-13/h4-8,11H,10H2,1-3H3. The second-order valence-corrected chi connectivity index (χ2v) is 5.17. The van der Waals surface area contributed by atoms with Crippen molar-refractivity contribution >= 4 is 12.1 Å². The smallest absolute Gasteiger partial charge is 0.270 e. The lowest BCUT2D eigenvalue weighted by Crippen LogP contribution is -2.31. The molecule has 0 bridgehead atoms. The number of anilines is 1. The third kappa shape index (κ3) is 2.63. The van der Waals surface area contributed by atoms with Gasteiger partial charge in [0.15, 0.2) is 6.29 Å². The first kappa shape index (κ1) is 15.5. The van der Waals surface area contributed by atoms with Gasteiger partial charge in [-0.3, -0.25) is 14.2 Å². The van der Waals surface area contributed by atoms with Crippen molar-refractivity contribution < 1.29 is 4.79 Å². The molecule has 0 N–H and O–H groups in total. The van der Waals surface area contributed by atoms with E-state index in [4.69, 9.17) is 5.26 Å². The predicted octanol–water partition coefficient (Wildman–Crippen LogP) is 2.01. The minimum Gasteiger partial charge on any atom is -0.356 e. The Morgan fingerprint density at radius 2 is 1.95 bits per heavy atom. The normalized spacial score (nSPS) is 10.1. The van der Waals surface area contributed by atoms with E-state index in [1.54, 1.807) is 14.0 Å². The van der Waals surface area contributed by atoms with Crippen LogP contribution in [0.1, 0.15) is 27.0 Å². The molecule has 22 heavy (non-hydrogen) atoms. The monoisotopic (exact) mass is 295 g/mol. The van der Waals surface area contributed by atoms with Crippen LogP contribution in [0, 0.1) is 18.3 Å². The summed E-state index contributed by atoms with van der Waals surface area (Å²) in [5.74, 6) is 0.514. The number of carbonyl (C=O) groups excluding carboxylic acids is 1. The summed E-state index contributed by atoms with van der Waals surface area (Å²) < 4.78 is 1.36. The molecule has 0 aliphatic carbocycles. The van der Waals surface area contributed by atoms with Crippen molar-refractivity contribution in [2.24, 2.45) is 7.05 Å². The molecule has 1 aromatic carbocycles. The van der Waals surface area contributed by atoms with Crippen LogP contribution in [0.15, 0.2) is 35.1 Å². The van der Waals surface area contributed by atoms with Crippen LogP contribution < -0.4 is 10.5 Å². The lowest BCUT2D eigenvalue weighted by atomic mass is 10.1. The van der Waals surface area contributed by atoms with E-state index < -0.39 is 0 Å². The number of rotatable bonds is 4. The molecule has 5 nitrogen and oxygen atoms in total. The number of aldehydes is 1. The lowest BCUT2D eigenvalue weighted by molar-refractivity contribution is 0.112. The third-order valence-corrected chi connectivity index (χ3v) is 3.71. The van der Waals surface area contributed by atoms with Crippen molar-refractivity contribution in [3.8, 4) is 6.07 Å². The summed E-state index contributed by atoms with van der Waals surface area (Å²) in [5.41, 5.74) is 1.49. The summed E-state index contributed by atoms with van der Waals surface area (Å²) in [7, 11) is 3.40. The fraction of sp³-hybridized carbons (Fsp3) is 0.235. The van der Waals surface area contributed by atoms with Crippen LogP contribution in [0.3, 0.4) is 0 Å². The Morgan fingerprint density at radius 1 is 1.32 bits per heavy atom. The molecule has 2 aromatic rings.